The maximum Gasteiger partial charge on any atom is 0.412 e. The summed E-state index contributed by atoms with van der Waals surface area (Å²) in [6, 6.07) is 0.0670. The van der Waals surface area contributed by atoms with Crippen LogP contribution in [0.4, 0.5) is 4.79 Å². The van der Waals surface area contributed by atoms with Gasteiger partial charge in [-0.05, 0) is 41.0 Å². The van der Waals surface area contributed by atoms with E-state index in [4.69, 9.17) is 9.47 Å². The Morgan fingerprint density at radius 2 is 2.00 bits per heavy atom. The molecule has 1 rings (SSSR count). The minimum absolute atomic E-state index is 0. The van der Waals surface area contributed by atoms with Gasteiger partial charge in [0.1, 0.15) is 11.3 Å². The molecule has 0 unspecified atom stereocenters. The van der Waals surface area contributed by atoms with E-state index in [2.05, 4.69) is 6.92 Å². The average Bonchev–Trinajstić information content (AvgIpc) is 2.39. The summed E-state index contributed by atoms with van der Waals surface area (Å²) in [5.41, 5.74) is -1.08. The van der Waals surface area contributed by atoms with Crippen LogP contribution in [-0.4, -0.2) is 35.0 Å². The first-order chi connectivity index (χ1) is 7.67. The zero-order valence-electron chi connectivity index (χ0n) is 12.7. The normalized spacial score (nSPS) is 21.4. The monoisotopic (exact) mass is 433 g/mol. The van der Waals surface area contributed by atoms with Crippen LogP contribution in [0.3, 0.4) is 0 Å². The first kappa shape index (κ1) is 21.9. The van der Waals surface area contributed by atoms with E-state index in [-0.39, 0.29) is 55.6 Å². The summed E-state index contributed by atoms with van der Waals surface area (Å²) < 4.78 is 11.1. The summed E-state index contributed by atoms with van der Waals surface area (Å²) in [5, 5.41) is 0. The number of carbonyl (C=O) groups is 1. The molecule has 1 fully saturated rings. The number of amides is 1. The fourth-order valence-electron chi connectivity index (χ4n) is 2.01. The number of nitrogens with zero attached hydrogens (tertiary/aromatic N) is 1. The molecule has 1 heterocycles. The summed E-state index contributed by atoms with van der Waals surface area (Å²) in [5.74, 6) is 0. The van der Waals surface area contributed by atoms with Crippen LogP contribution in [0.5, 0.6) is 0 Å². The number of hydrogen-bond donors (Lipinski definition) is 0. The maximum absolute atomic E-state index is 12.2. The van der Waals surface area contributed by atoms with Crippen LogP contribution in [0.2, 0.25) is 0 Å². The van der Waals surface area contributed by atoms with Gasteiger partial charge in [-0.1, -0.05) is 13.3 Å². The molecule has 0 saturated carbocycles. The van der Waals surface area contributed by atoms with E-state index < -0.39 is 11.3 Å². The number of ether oxygens (including phenoxy) is 2. The van der Waals surface area contributed by atoms with Gasteiger partial charge in [-0.3, -0.25) is 4.90 Å². The van der Waals surface area contributed by atoms with Crippen LogP contribution in [0.25, 0.3) is 0 Å². The van der Waals surface area contributed by atoms with E-state index in [9.17, 15) is 4.79 Å². The van der Waals surface area contributed by atoms with Crippen molar-refractivity contribution in [3.8, 4) is 0 Å². The minimum atomic E-state index is -0.595. The summed E-state index contributed by atoms with van der Waals surface area (Å²) in [6.45, 7) is 13.8. The Balaban J connectivity index is 0. The van der Waals surface area contributed by atoms with Crippen LogP contribution in [0.15, 0.2) is 0 Å². The molecule has 0 aliphatic carbocycles. The Hall–Kier alpha value is 0.583. The molecule has 0 N–H and O–H groups in total. The Bertz CT molecular complexity index is 292. The number of rotatable bonds is 2. The van der Waals surface area contributed by atoms with Gasteiger partial charge in [-0.2, -0.15) is 0 Å². The van der Waals surface area contributed by atoms with Gasteiger partial charge in [0.25, 0.3) is 0 Å². The zero-order valence-corrected chi connectivity index (χ0v) is 17.8. The molecule has 1 radical (unpaired) electrons. The molecule has 0 aromatic carbocycles. The molecule has 1 saturated heterocycles. The van der Waals surface area contributed by atoms with Gasteiger partial charge >= 0.3 is 6.09 Å². The molecule has 0 aromatic rings. The van der Waals surface area contributed by atoms with E-state index in [0.29, 0.717) is 6.61 Å². The standard InChI is InChI=1S/C13H24NO3.HI.Zn/c1-7-8-10-9-16-13(5,6)14(10)11(15)17-12(2,3)4;;/h10H,1,7-9H2,2-6H3;1H;/p-1/t10-;;/m0../s1. The first-order valence-electron chi connectivity index (χ1n) is 6.13. The van der Waals surface area contributed by atoms with Crippen LogP contribution < -0.4 is 24.0 Å². The molecule has 1 aliphatic heterocycles. The van der Waals surface area contributed by atoms with Gasteiger partial charge in [0.15, 0.2) is 0 Å². The van der Waals surface area contributed by atoms with E-state index in [1.807, 2.05) is 34.6 Å². The third kappa shape index (κ3) is 6.26. The van der Waals surface area contributed by atoms with E-state index >= 15 is 0 Å². The molecular weight excluding hydrogens is 410 g/mol. The Labute approximate surface area is 146 Å². The van der Waals surface area contributed by atoms with Crippen molar-refractivity contribution in [3.63, 3.8) is 0 Å². The predicted octanol–water partition coefficient (Wildman–Crippen LogP) is -0.0258. The van der Waals surface area contributed by atoms with Crippen molar-refractivity contribution in [3.05, 3.63) is 6.92 Å². The molecule has 109 valence electrons. The molecule has 1 aliphatic rings. The van der Waals surface area contributed by atoms with Gasteiger partial charge in [0.2, 0.25) is 0 Å². The second-order valence-corrected chi connectivity index (χ2v) is 5.90. The minimum Gasteiger partial charge on any atom is -1.00 e. The first-order valence-corrected chi connectivity index (χ1v) is 6.13. The van der Waals surface area contributed by atoms with Crippen LogP contribution in [0, 0.1) is 6.92 Å². The van der Waals surface area contributed by atoms with Crippen molar-refractivity contribution in [2.45, 2.75) is 64.8 Å². The van der Waals surface area contributed by atoms with Crippen molar-refractivity contribution in [2.24, 2.45) is 0 Å². The number of halogens is 1. The molecule has 19 heavy (non-hydrogen) atoms. The maximum atomic E-state index is 12.2. The second-order valence-electron chi connectivity index (χ2n) is 5.90. The topological polar surface area (TPSA) is 38.8 Å². The third-order valence-corrected chi connectivity index (χ3v) is 2.70. The predicted molar refractivity (Wildman–Crippen MR) is 66.5 cm³/mol. The summed E-state index contributed by atoms with van der Waals surface area (Å²) in [4.78, 5) is 13.9. The number of carbonyl (C=O) groups excluding carboxylic acids is 1. The Morgan fingerprint density at radius 1 is 1.47 bits per heavy atom. The molecule has 4 nitrogen and oxygen atoms in total. The van der Waals surface area contributed by atoms with Gasteiger partial charge < -0.3 is 33.5 Å². The van der Waals surface area contributed by atoms with E-state index in [1.165, 1.54) is 0 Å². The summed E-state index contributed by atoms with van der Waals surface area (Å²) in [7, 11) is 0. The fourth-order valence-corrected chi connectivity index (χ4v) is 2.01. The van der Waals surface area contributed by atoms with Crippen molar-refractivity contribution >= 4 is 6.09 Å². The molecule has 0 bridgehead atoms. The molecule has 1 atom stereocenters. The van der Waals surface area contributed by atoms with Crippen molar-refractivity contribution in [1.29, 1.82) is 0 Å². The quantitative estimate of drug-likeness (QED) is 0.453. The molecule has 6 heteroatoms. The van der Waals surface area contributed by atoms with Gasteiger partial charge in [0.05, 0.1) is 12.6 Å². The number of hydrogen-bond acceptors (Lipinski definition) is 3. The average molecular weight is 435 g/mol. The smallest absolute Gasteiger partial charge is 0.412 e. The van der Waals surface area contributed by atoms with Crippen molar-refractivity contribution in [2.75, 3.05) is 6.61 Å². The van der Waals surface area contributed by atoms with Crippen molar-refractivity contribution < 1.29 is 57.7 Å². The van der Waals surface area contributed by atoms with Gasteiger partial charge in [0, 0.05) is 19.5 Å². The zero-order chi connectivity index (χ0) is 13.3. The van der Waals surface area contributed by atoms with Crippen LogP contribution >= 0.6 is 0 Å². The van der Waals surface area contributed by atoms with E-state index in [1.54, 1.807) is 4.90 Å². The molecule has 1 amide bonds. The largest absolute Gasteiger partial charge is 1.00 e. The van der Waals surface area contributed by atoms with Crippen LogP contribution in [-0.2, 0) is 29.0 Å². The Kier molecular flexibility index (Phi) is 9.36. The molecule has 0 aromatic heterocycles. The SMILES string of the molecule is [CH2]CC[C@H]1COC(C)(C)N1C(=O)OC(C)(C)C.[I-].[Zn]. The van der Waals surface area contributed by atoms with Crippen molar-refractivity contribution in [1.82, 2.24) is 4.90 Å². The van der Waals surface area contributed by atoms with E-state index in [0.717, 1.165) is 12.8 Å². The Morgan fingerprint density at radius 3 is 2.42 bits per heavy atom. The molecule has 0 spiro atoms. The second kappa shape index (κ2) is 8.13. The van der Waals surface area contributed by atoms with Gasteiger partial charge in [-0.25, -0.2) is 4.79 Å². The van der Waals surface area contributed by atoms with Gasteiger partial charge in [-0.15, -0.1) is 0 Å². The summed E-state index contributed by atoms with van der Waals surface area (Å²) in [6.07, 6.45) is 1.31. The van der Waals surface area contributed by atoms with Crippen LogP contribution in [0.1, 0.15) is 47.5 Å². The third-order valence-electron chi connectivity index (χ3n) is 2.70. The molecular formula is C13H24INO3Zn-. The summed E-state index contributed by atoms with van der Waals surface area (Å²) >= 11 is 0. The fraction of sp³-hybridized carbons (Fsp3) is 0.846.